The highest BCUT2D eigenvalue weighted by Gasteiger charge is 2.08. The topological polar surface area (TPSA) is 20.2 Å². The first kappa shape index (κ1) is 10.0. The van der Waals surface area contributed by atoms with E-state index in [0.29, 0.717) is 11.7 Å². The molecule has 1 nitrogen and oxygen atoms in total. The van der Waals surface area contributed by atoms with E-state index >= 15 is 0 Å². The molecule has 0 spiro atoms. The molecule has 0 saturated carbocycles. The standard InChI is InChI=1S/C14H16O/c1-9(2)12-7-10(3)8-13-11(12)5-4-6-14(13)15/h4-9,15H,1-3H3. The Morgan fingerprint density at radius 2 is 1.80 bits per heavy atom. The molecule has 0 aromatic heterocycles. The van der Waals surface area contributed by atoms with Gasteiger partial charge in [-0.2, -0.15) is 0 Å². The Kier molecular flexibility index (Phi) is 2.39. The summed E-state index contributed by atoms with van der Waals surface area (Å²) >= 11 is 0. The van der Waals surface area contributed by atoms with Gasteiger partial charge in [0.25, 0.3) is 0 Å². The molecule has 1 heteroatoms. The van der Waals surface area contributed by atoms with Gasteiger partial charge in [-0.05, 0) is 35.9 Å². The molecule has 0 bridgehead atoms. The van der Waals surface area contributed by atoms with Crippen molar-refractivity contribution >= 4 is 10.8 Å². The summed E-state index contributed by atoms with van der Waals surface area (Å²) in [6.07, 6.45) is 0. The molecule has 0 aliphatic carbocycles. The average molecular weight is 200 g/mol. The molecule has 0 aliphatic heterocycles. The number of fused-ring (bicyclic) bond motifs is 1. The number of aryl methyl sites for hydroxylation is 1. The van der Waals surface area contributed by atoms with Gasteiger partial charge in [-0.15, -0.1) is 0 Å². The van der Waals surface area contributed by atoms with E-state index in [2.05, 4.69) is 32.9 Å². The first-order valence-corrected chi connectivity index (χ1v) is 5.32. The third kappa shape index (κ3) is 1.70. The number of phenolic OH excluding ortho intramolecular Hbond substituents is 1. The minimum atomic E-state index is 0.373. The first-order valence-electron chi connectivity index (χ1n) is 5.32. The van der Waals surface area contributed by atoms with E-state index in [0.717, 1.165) is 10.8 Å². The lowest BCUT2D eigenvalue weighted by molar-refractivity contribution is 0.481. The zero-order chi connectivity index (χ0) is 11.0. The number of hydrogen-bond acceptors (Lipinski definition) is 1. The smallest absolute Gasteiger partial charge is 0.123 e. The van der Waals surface area contributed by atoms with Crippen molar-refractivity contribution in [2.45, 2.75) is 26.7 Å². The van der Waals surface area contributed by atoms with Gasteiger partial charge in [-0.1, -0.05) is 37.6 Å². The summed E-state index contributed by atoms with van der Waals surface area (Å²) in [7, 11) is 0. The van der Waals surface area contributed by atoms with Gasteiger partial charge in [0.2, 0.25) is 0 Å². The minimum Gasteiger partial charge on any atom is -0.507 e. The van der Waals surface area contributed by atoms with Crippen LogP contribution in [0, 0.1) is 6.92 Å². The maximum absolute atomic E-state index is 9.80. The Morgan fingerprint density at radius 3 is 2.47 bits per heavy atom. The predicted molar refractivity (Wildman–Crippen MR) is 64.4 cm³/mol. The number of phenols is 1. The summed E-state index contributed by atoms with van der Waals surface area (Å²) in [4.78, 5) is 0. The quantitative estimate of drug-likeness (QED) is 0.738. The molecule has 2 aromatic carbocycles. The Hall–Kier alpha value is -1.50. The third-order valence-electron chi connectivity index (χ3n) is 2.77. The van der Waals surface area contributed by atoms with Gasteiger partial charge in [0.15, 0.2) is 0 Å². The lowest BCUT2D eigenvalue weighted by atomic mass is 9.94. The minimum absolute atomic E-state index is 0.373. The molecule has 78 valence electrons. The van der Waals surface area contributed by atoms with Crippen LogP contribution in [-0.2, 0) is 0 Å². The maximum Gasteiger partial charge on any atom is 0.123 e. The van der Waals surface area contributed by atoms with Crippen LogP contribution in [-0.4, -0.2) is 5.11 Å². The summed E-state index contributed by atoms with van der Waals surface area (Å²) in [6, 6.07) is 9.96. The lowest BCUT2D eigenvalue weighted by Gasteiger charge is -2.12. The molecular weight excluding hydrogens is 184 g/mol. The van der Waals surface area contributed by atoms with Crippen LogP contribution in [0.1, 0.15) is 30.9 Å². The van der Waals surface area contributed by atoms with E-state index in [1.165, 1.54) is 11.1 Å². The Balaban J connectivity index is 2.86. The van der Waals surface area contributed by atoms with Crippen molar-refractivity contribution in [2.75, 3.05) is 0 Å². The molecule has 2 aromatic rings. The van der Waals surface area contributed by atoms with Crippen LogP contribution in [0.4, 0.5) is 0 Å². The third-order valence-corrected chi connectivity index (χ3v) is 2.77. The van der Waals surface area contributed by atoms with Crippen molar-refractivity contribution in [3.8, 4) is 5.75 Å². The molecule has 0 saturated heterocycles. The fraction of sp³-hybridized carbons (Fsp3) is 0.286. The highest BCUT2D eigenvalue weighted by atomic mass is 16.3. The first-order chi connectivity index (χ1) is 7.09. The second-order valence-electron chi connectivity index (χ2n) is 4.38. The molecular formula is C14H16O. The Labute approximate surface area is 90.4 Å². The number of aromatic hydroxyl groups is 1. The van der Waals surface area contributed by atoms with Crippen LogP contribution in [0.5, 0.6) is 5.75 Å². The van der Waals surface area contributed by atoms with Gasteiger partial charge < -0.3 is 5.11 Å². The molecule has 0 unspecified atom stereocenters. The summed E-state index contributed by atoms with van der Waals surface area (Å²) in [5.74, 6) is 0.854. The second-order valence-corrected chi connectivity index (χ2v) is 4.38. The molecule has 1 N–H and O–H groups in total. The Morgan fingerprint density at radius 1 is 1.07 bits per heavy atom. The molecule has 2 rings (SSSR count). The predicted octanol–water partition coefficient (Wildman–Crippen LogP) is 3.98. The van der Waals surface area contributed by atoms with Gasteiger partial charge in [-0.3, -0.25) is 0 Å². The van der Waals surface area contributed by atoms with E-state index in [4.69, 9.17) is 0 Å². The van der Waals surface area contributed by atoms with E-state index < -0.39 is 0 Å². The van der Waals surface area contributed by atoms with E-state index in [1.54, 1.807) is 6.07 Å². The van der Waals surface area contributed by atoms with E-state index in [1.807, 2.05) is 12.1 Å². The van der Waals surface area contributed by atoms with Crippen LogP contribution < -0.4 is 0 Å². The van der Waals surface area contributed by atoms with Crippen LogP contribution in [0.2, 0.25) is 0 Å². The van der Waals surface area contributed by atoms with Crippen molar-refractivity contribution in [1.29, 1.82) is 0 Å². The summed E-state index contributed by atoms with van der Waals surface area (Å²) in [5, 5.41) is 11.9. The van der Waals surface area contributed by atoms with Gasteiger partial charge in [0.05, 0.1) is 0 Å². The molecule has 0 fully saturated rings. The van der Waals surface area contributed by atoms with Crippen LogP contribution in [0.15, 0.2) is 30.3 Å². The highest BCUT2D eigenvalue weighted by Crippen LogP contribution is 2.31. The zero-order valence-corrected chi connectivity index (χ0v) is 9.41. The summed E-state index contributed by atoms with van der Waals surface area (Å²) in [6.45, 7) is 6.42. The highest BCUT2D eigenvalue weighted by molar-refractivity contribution is 5.91. The van der Waals surface area contributed by atoms with Gasteiger partial charge >= 0.3 is 0 Å². The van der Waals surface area contributed by atoms with Crippen molar-refractivity contribution in [2.24, 2.45) is 0 Å². The van der Waals surface area contributed by atoms with E-state index in [-0.39, 0.29) is 0 Å². The lowest BCUT2D eigenvalue weighted by Crippen LogP contribution is -1.91. The van der Waals surface area contributed by atoms with Gasteiger partial charge in [0.1, 0.15) is 5.75 Å². The van der Waals surface area contributed by atoms with E-state index in [9.17, 15) is 5.11 Å². The van der Waals surface area contributed by atoms with Gasteiger partial charge in [0, 0.05) is 5.39 Å². The second kappa shape index (κ2) is 3.58. The fourth-order valence-corrected chi connectivity index (χ4v) is 2.03. The van der Waals surface area contributed by atoms with Crippen molar-refractivity contribution in [1.82, 2.24) is 0 Å². The summed E-state index contributed by atoms with van der Waals surface area (Å²) < 4.78 is 0. The molecule has 0 radical (unpaired) electrons. The molecule has 15 heavy (non-hydrogen) atoms. The zero-order valence-electron chi connectivity index (χ0n) is 9.41. The van der Waals surface area contributed by atoms with Crippen LogP contribution in [0.3, 0.4) is 0 Å². The monoisotopic (exact) mass is 200 g/mol. The van der Waals surface area contributed by atoms with Gasteiger partial charge in [-0.25, -0.2) is 0 Å². The van der Waals surface area contributed by atoms with Crippen LogP contribution in [0.25, 0.3) is 10.8 Å². The maximum atomic E-state index is 9.80. The number of rotatable bonds is 1. The summed E-state index contributed by atoms with van der Waals surface area (Å²) in [5.41, 5.74) is 2.51. The molecule has 0 amide bonds. The largest absolute Gasteiger partial charge is 0.507 e. The number of hydrogen-bond donors (Lipinski definition) is 1. The molecule has 0 aliphatic rings. The normalized spacial score (nSPS) is 11.2. The van der Waals surface area contributed by atoms with Crippen LogP contribution >= 0.6 is 0 Å². The average Bonchev–Trinajstić information content (AvgIpc) is 2.18. The van der Waals surface area contributed by atoms with Crippen molar-refractivity contribution in [3.63, 3.8) is 0 Å². The van der Waals surface area contributed by atoms with Crippen molar-refractivity contribution in [3.05, 3.63) is 41.5 Å². The SMILES string of the molecule is Cc1cc(C(C)C)c2cccc(O)c2c1. The fourth-order valence-electron chi connectivity index (χ4n) is 2.03. The molecule has 0 atom stereocenters. The molecule has 0 heterocycles. The number of benzene rings is 2. The Bertz CT molecular complexity index is 498. The van der Waals surface area contributed by atoms with Crippen molar-refractivity contribution < 1.29 is 5.11 Å².